The van der Waals surface area contributed by atoms with E-state index < -0.39 is 35.0 Å². The fourth-order valence-electron chi connectivity index (χ4n) is 2.45. The number of hydrogen-bond donors (Lipinski definition) is 5. The number of halogens is 2. The van der Waals surface area contributed by atoms with Crippen molar-refractivity contribution in [3.8, 4) is 5.75 Å². The summed E-state index contributed by atoms with van der Waals surface area (Å²) in [5, 5.41) is 20.3. The van der Waals surface area contributed by atoms with Crippen LogP contribution in [0.4, 0.5) is 19.3 Å². The van der Waals surface area contributed by atoms with Crippen LogP contribution in [0, 0.1) is 11.6 Å². The normalized spacial score (nSPS) is 13.9. The third-order valence-electron chi connectivity index (χ3n) is 3.74. The molecule has 3 rings (SSSR count). The van der Waals surface area contributed by atoms with Crippen LogP contribution in [0.2, 0.25) is 0 Å². The number of rotatable bonds is 3. The van der Waals surface area contributed by atoms with E-state index in [4.69, 9.17) is 20.8 Å². The van der Waals surface area contributed by atoms with Crippen molar-refractivity contribution in [3.63, 3.8) is 0 Å². The second-order valence-electron chi connectivity index (χ2n) is 5.67. The topological polar surface area (TPSA) is 151 Å². The van der Waals surface area contributed by atoms with Crippen molar-refractivity contribution >= 4 is 23.3 Å². The third kappa shape index (κ3) is 4.54. The molecule has 0 atom stereocenters. The number of urea groups is 1. The zero-order chi connectivity index (χ0) is 21.8. The number of carbonyl (C=O) groups is 3. The number of hydrazine groups is 1. The summed E-state index contributed by atoms with van der Waals surface area (Å²) in [4.78, 5) is 33.3. The maximum absolute atomic E-state index is 13.3. The Balaban J connectivity index is 0.000000211. The molecule has 2 amide bonds. The lowest BCUT2D eigenvalue weighted by Crippen LogP contribution is -2.40. The fraction of sp³-hybridized carbons (Fsp3) is 0.167. The average molecular weight is 409 g/mol. The minimum Gasteiger partial charge on any atom is -0.491 e. The van der Waals surface area contributed by atoms with E-state index in [-0.39, 0.29) is 29.2 Å². The first kappa shape index (κ1) is 21.9. The van der Waals surface area contributed by atoms with Gasteiger partial charge in [0.1, 0.15) is 17.3 Å². The Bertz CT molecular complexity index is 928. The molecule has 0 saturated carbocycles. The van der Waals surface area contributed by atoms with Crippen LogP contribution in [0.15, 0.2) is 36.4 Å². The second kappa shape index (κ2) is 8.73. The lowest BCUT2D eigenvalue weighted by Gasteiger charge is -2.12. The van der Waals surface area contributed by atoms with Gasteiger partial charge in [-0.1, -0.05) is 24.3 Å². The van der Waals surface area contributed by atoms with Gasteiger partial charge < -0.3 is 20.3 Å². The Morgan fingerprint density at radius 3 is 2.17 bits per heavy atom. The number of fused-ring (bicyclic) bond motifs is 1. The second-order valence-corrected chi connectivity index (χ2v) is 5.67. The Kier molecular flexibility index (Phi) is 6.59. The minimum atomic E-state index is -2.86. The zero-order valence-electron chi connectivity index (χ0n) is 15.0. The van der Waals surface area contributed by atoms with Gasteiger partial charge in [-0.2, -0.15) is 0 Å². The first-order chi connectivity index (χ1) is 13.6. The van der Waals surface area contributed by atoms with Gasteiger partial charge in [-0.15, -0.1) is 0 Å². The van der Waals surface area contributed by atoms with Crippen molar-refractivity contribution in [3.05, 3.63) is 59.2 Å². The summed E-state index contributed by atoms with van der Waals surface area (Å²) in [5.41, 5.74) is 1.63. The van der Waals surface area contributed by atoms with Crippen molar-refractivity contribution in [1.29, 1.82) is 0 Å². The molecular weight excluding hydrogens is 392 g/mol. The molecule has 154 valence electrons. The summed E-state index contributed by atoms with van der Waals surface area (Å²) in [6, 6.07) is 6.68. The van der Waals surface area contributed by atoms with Gasteiger partial charge in [-0.3, -0.25) is 15.0 Å². The summed E-state index contributed by atoms with van der Waals surface area (Å²) in [5.74, 6) is -1.76. The maximum Gasteiger partial charge on any atom is 0.333 e. The Labute approximate surface area is 163 Å². The summed E-state index contributed by atoms with van der Waals surface area (Å²) in [6.07, 6.45) is 0. The van der Waals surface area contributed by atoms with Crippen molar-refractivity contribution in [1.82, 2.24) is 5.43 Å². The zero-order valence-corrected chi connectivity index (χ0v) is 15.0. The molecule has 0 fully saturated rings. The van der Waals surface area contributed by atoms with Gasteiger partial charge in [0.05, 0.1) is 6.61 Å². The SMILES string of the molecule is CCOc1cc(F)cc(F)c1NC(=O)NN.O=C1c2ccccc2C(=O)C1(O)O. The first-order valence-corrected chi connectivity index (χ1v) is 8.16. The van der Waals surface area contributed by atoms with Crippen molar-refractivity contribution in [2.45, 2.75) is 12.7 Å². The molecule has 0 spiro atoms. The summed E-state index contributed by atoms with van der Waals surface area (Å²) in [7, 11) is 0. The molecule has 6 N–H and O–H groups in total. The molecule has 0 aliphatic heterocycles. The van der Waals surface area contributed by atoms with E-state index in [1.807, 2.05) is 0 Å². The number of Topliss-reactive ketones (excluding diaryl/α,β-unsaturated/α-hetero) is 2. The van der Waals surface area contributed by atoms with Crippen LogP contribution in [0.25, 0.3) is 0 Å². The summed E-state index contributed by atoms with van der Waals surface area (Å²) >= 11 is 0. The van der Waals surface area contributed by atoms with Crippen molar-refractivity contribution < 1.29 is 38.1 Å². The Morgan fingerprint density at radius 2 is 1.69 bits per heavy atom. The van der Waals surface area contributed by atoms with E-state index in [0.717, 1.165) is 6.07 Å². The molecule has 0 saturated heterocycles. The lowest BCUT2D eigenvalue weighted by atomic mass is 10.1. The number of anilines is 1. The number of aliphatic hydroxyl groups is 2. The van der Waals surface area contributed by atoms with Gasteiger partial charge in [-0.25, -0.2) is 19.4 Å². The van der Waals surface area contributed by atoms with Crippen LogP contribution < -0.4 is 21.3 Å². The predicted octanol–water partition coefficient (Wildman–Crippen LogP) is 1.11. The minimum absolute atomic E-state index is 0.0671. The van der Waals surface area contributed by atoms with Gasteiger partial charge in [0.15, 0.2) is 5.82 Å². The molecule has 2 aromatic carbocycles. The largest absolute Gasteiger partial charge is 0.491 e. The molecule has 0 radical (unpaired) electrons. The van der Waals surface area contributed by atoms with E-state index >= 15 is 0 Å². The number of nitrogens with one attached hydrogen (secondary N) is 2. The number of ether oxygens (including phenoxy) is 1. The monoisotopic (exact) mass is 409 g/mol. The molecular formula is C18H17F2N3O6. The predicted molar refractivity (Wildman–Crippen MR) is 96.1 cm³/mol. The highest BCUT2D eigenvalue weighted by atomic mass is 19.1. The van der Waals surface area contributed by atoms with E-state index in [0.29, 0.717) is 6.07 Å². The molecule has 1 aliphatic rings. The molecule has 29 heavy (non-hydrogen) atoms. The standard InChI is InChI=1S/C9H11F2N3O2.C9H6O4/c1-2-16-7-4-5(10)3-6(11)8(7)13-9(15)14-12;10-7-5-3-1-2-4-6(5)8(11)9(7,12)13/h3-4H,2,12H2,1H3,(H2,13,14,15);1-4,12-13H. The van der Waals surface area contributed by atoms with Gasteiger partial charge in [0, 0.05) is 23.3 Å². The van der Waals surface area contributed by atoms with E-state index in [9.17, 15) is 23.2 Å². The highest BCUT2D eigenvalue weighted by molar-refractivity contribution is 6.30. The number of nitrogens with two attached hydrogens (primary N) is 1. The van der Waals surface area contributed by atoms with Gasteiger partial charge >= 0.3 is 6.03 Å². The van der Waals surface area contributed by atoms with Crippen LogP contribution in [-0.2, 0) is 0 Å². The number of ketones is 2. The number of benzene rings is 2. The fourth-order valence-corrected chi connectivity index (χ4v) is 2.45. The molecule has 9 nitrogen and oxygen atoms in total. The van der Waals surface area contributed by atoms with Crippen molar-refractivity contribution in [2.24, 2.45) is 5.84 Å². The summed E-state index contributed by atoms with van der Waals surface area (Å²) < 4.78 is 31.2. The highest BCUT2D eigenvalue weighted by Crippen LogP contribution is 2.29. The van der Waals surface area contributed by atoms with Crippen molar-refractivity contribution in [2.75, 3.05) is 11.9 Å². The van der Waals surface area contributed by atoms with Crippen LogP contribution in [0.3, 0.4) is 0 Å². The van der Waals surface area contributed by atoms with Gasteiger partial charge in [0.2, 0.25) is 11.6 Å². The van der Waals surface area contributed by atoms with E-state index in [1.165, 1.54) is 12.1 Å². The maximum atomic E-state index is 13.3. The third-order valence-corrected chi connectivity index (χ3v) is 3.74. The molecule has 0 aromatic heterocycles. The smallest absolute Gasteiger partial charge is 0.333 e. The number of hydrogen-bond acceptors (Lipinski definition) is 7. The van der Waals surface area contributed by atoms with Crippen LogP contribution in [-0.4, -0.2) is 40.2 Å². The Morgan fingerprint density at radius 1 is 1.14 bits per heavy atom. The summed E-state index contributed by atoms with van der Waals surface area (Å²) in [6.45, 7) is 1.86. The van der Waals surface area contributed by atoms with Gasteiger partial charge in [0.25, 0.3) is 5.79 Å². The molecule has 0 unspecified atom stereocenters. The molecule has 0 bridgehead atoms. The number of amides is 2. The molecule has 11 heteroatoms. The molecule has 0 heterocycles. The highest BCUT2D eigenvalue weighted by Gasteiger charge is 2.50. The molecule has 2 aromatic rings. The average Bonchev–Trinajstić information content (AvgIpc) is 2.86. The van der Waals surface area contributed by atoms with Crippen LogP contribution in [0.5, 0.6) is 5.75 Å². The number of carbonyl (C=O) groups excluding carboxylic acids is 3. The van der Waals surface area contributed by atoms with Crippen LogP contribution >= 0.6 is 0 Å². The van der Waals surface area contributed by atoms with E-state index in [2.05, 4.69) is 5.32 Å². The first-order valence-electron chi connectivity index (χ1n) is 8.16. The van der Waals surface area contributed by atoms with Gasteiger partial charge in [-0.05, 0) is 6.92 Å². The quantitative estimate of drug-likeness (QED) is 0.167. The van der Waals surface area contributed by atoms with E-state index in [1.54, 1.807) is 24.5 Å². The lowest BCUT2D eigenvalue weighted by molar-refractivity contribution is -0.0857. The van der Waals surface area contributed by atoms with Crippen LogP contribution in [0.1, 0.15) is 27.6 Å². The Hall–Kier alpha value is -3.41. The molecule has 1 aliphatic carbocycles.